The van der Waals surface area contributed by atoms with Crippen molar-refractivity contribution in [2.24, 2.45) is 0 Å². The first-order valence-electron chi connectivity index (χ1n) is 7.40. The molecule has 0 aliphatic heterocycles. The van der Waals surface area contributed by atoms with E-state index in [4.69, 9.17) is 25.8 Å². The molecular weight excluding hydrogens is 330 g/mol. The van der Waals surface area contributed by atoms with Crippen molar-refractivity contribution in [3.8, 4) is 17.2 Å². The third-order valence-corrected chi connectivity index (χ3v) is 3.70. The second kappa shape index (κ2) is 7.93. The second-order valence-corrected chi connectivity index (χ2v) is 5.67. The number of methoxy groups -OCH3 is 2. The first-order valence-corrected chi connectivity index (χ1v) is 7.78. The third-order valence-electron chi connectivity index (χ3n) is 3.46. The van der Waals surface area contributed by atoms with Gasteiger partial charge in [0.05, 0.1) is 14.2 Å². The van der Waals surface area contributed by atoms with E-state index in [0.29, 0.717) is 28.0 Å². The van der Waals surface area contributed by atoms with Crippen molar-refractivity contribution in [2.45, 2.75) is 20.0 Å². The van der Waals surface area contributed by atoms with E-state index in [-0.39, 0.29) is 5.91 Å². The first-order chi connectivity index (χ1) is 11.4. The van der Waals surface area contributed by atoms with Crippen LogP contribution >= 0.6 is 11.6 Å². The molecule has 6 heteroatoms. The summed E-state index contributed by atoms with van der Waals surface area (Å²) in [5.41, 5.74) is 1.47. The van der Waals surface area contributed by atoms with Gasteiger partial charge in [0.15, 0.2) is 17.6 Å². The highest BCUT2D eigenvalue weighted by Crippen LogP contribution is 2.30. The van der Waals surface area contributed by atoms with Gasteiger partial charge in [0, 0.05) is 16.8 Å². The lowest BCUT2D eigenvalue weighted by atomic mass is 10.2. The zero-order valence-electron chi connectivity index (χ0n) is 14.1. The molecule has 1 amide bonds. The molecule has 0 radical (unpaired) electrons. The molecule has 128 valence electrons. The fraction of sp³-hybridized carbons (Fsp3) is 0.278. The maximum atomic E-state index is 12.3. The maximum absolute atomic E-state index is 12.3. The summed E-state index contributed by atoms with van der Waals surface area (Å²) in [5.74, 6) is 1.49. The number of carbonyl (C=O) groups is 1. The van der Waals surface area contributed by atoms with Crippen molar-refractivity contribution in [1.29, 1.82) is 0 Å². The summed E-state index contributed by atoms with van der Waals surface area (Å²) in [5, 5.41) is 3.42. The van der Waals surface area contributed by atoms with Gasteiger partial charge < -0.3 is 19.5 Å². The minimum absolute atomic E-state index is 0.267. The molecule has 0 aliphatic rings. The molecular formula is C18H20ClNO4. The first kappa shape index (κ1) is 17.9. The van der Waals surface area contributed by atoms with Gasteiger partial charge in [0.2, 0.25) is 0 Å². The molecule has 0 bridgehead atoms. The third kappa shape index (κ3) is 4.32. The van der Waals surface area contributed by atoms with Gasteiger partial charge in [-0.05, 0) is 49.7 Å². The van der Waals surface area contributed by atoms with Gasteiger partial charge in [0.25, 0.3) is 5.91 Å². The predicted octanol–water partition coefficient (Wildman–Crippen LogP) is 4.07. The summed E-state index contributed by atoms with van der Waals surface area (Å²) in [6.07, 6.45) is -0.669. The van der Waals surface area contributed by atoms with Gasteiger partial charge in [-0.25, -0.2) is 0 Å². The molecule has 5 nitrogen and oxygen atoms in total. The summed E-state index contributed by atoms with van der Waals surface area (Å²) in [6.45, 7) is 3.56. The molecule has 0 fully saturated rings. The molecule has 0 aromatic heterocycles. The van der Waals surface area contributed by atoms with E-state index in [1.54, 1.807) is 57.5 Å². The molecule has 0 heterocycles. The Balaban J connectivity index is 2.06. The number of amides is 1. The average molecular weight is 350 g/mol. The number of carbonyl (C=O) groups excluding carboxylic acids is 1. The number of aryl methyl sites for hydroxylation is 1. The maximum Gasteiger partial charge on any atom is 0.265 e. The van der Waals surface area contributed by atoms with E-state index in [2.05, 4.69) is 5.32 Å². The Labute approximate surface area is 146 Å². The van der Waals surface area contributed by atoms with Gasteiger partial charge in [-0.1, -0.05) is 11.6 Å². The molecule has 1 atom stereocenters. The molecule has 0 unspecified atom stereocenters. The standard InChI is InChI=1S/C18H20ClNO4/c1-11-9-13(19)5-7-15(11)24-12(2)18(21)20-14-6-8-16(22-3)17(10-14)23-4/h5-10,12H,1-4H3,(H,20,21)/t12-/m0/s1. The minimum atomic E-state index is -0.669. The molecule has 0 spiro atoms. The number of nitrogens with one attached hydrogen (secondary N) is 1. The Morgan fingerprint density at radius 1 is 1.04 bits per heavy atom. The van der Waals surface area contributed by atoms with E-state index in [9.17, 15) is 4.79 Å². The van der Waals surface area contributed by atoms with Crippen molar-refractivity contribution >= 4 is 23.2 Å². The quantitative estimate of drug-likeness (QED) is 0.854. The summed E-state index contributed by atoms with van der Waals surface area (Å²) in [6, 6.07) is 10.4. The Bertz CT molecular complexity index is 733. The monoisotopic (exact) mass is 349 g/mol. The van der Waals surface area contributed by atoms with Crippen LogP contribution in [-0.2, 0) is 4.79 Å². The molecule has 1 N–H and O–H groups in total. The van der Waals surface area contributed by atoms with Crippen molar-refractivity contribution in [3.63, 3.8) is 0 Å². The topological polar surface area (TPSA) is 56.8 Å². The van der Waals surface area contributed by atoms with E-state index >= 15 is 0 Å². The Kier molecular flexibility index (Phi) is 5.93. The fourth-order valence-corrected chi connectivity index (χ4v) is 2.37. The van der Waals surface area contributed by atoms with Crippen molar-refractivity contribution in [3.05, 3.63) is 47.0 Å². The summed E-state index contributed by atoms with van der Waals surface area (Å²) >= 11 is 5.92. The van der Waals surface area contributed by atoms with Crippen molar-refractivity contribution in [2.75, 3.05) is 19.5 Å². The molecule has 2 aromatic carbocycles. The number of ether oxygens (including phenoxy) is 3. The lowest BCUT2D eigenvalue weighted by Gasteiger charge is -2.17. The lowest BCUT2D eigenvalue weighted by molar-refractivity contribution is -0.122. The summed E-state index contributed by atoms with van der Waals surface area (Å²) < 4.78 is 16.1. The second-order valence-electron chi connectivity index (χ2n) is 5.23. The molecule has 0 saturated carbocycles. The molecule has 0 aliphatic carbocycles. The number of anilines is 1. The fourth-order valence-electron chi connectivity index (χ4n) is 2.15. The minimum Gasteiger partial charge on any atom is -0.493 e. The lowest BCUT2D eigenvalue weighted by Crippen LogP contribution is -2.30. The normalized spacial score (nSPS) is 11.5. The van der Waals surface area contributed by atoms with Gasteiger partial charge in [-0.15, -0.1) is 0 Å². The number of benzene rings is 2. The van der Waals surface area contributed by atoms with E-state index < -0.39 is 6.10 Å². The highest BCUT2D eigenvalue weighted by molar-refractivity contribution is 6.30. The van der Waals surface area contributed by atoms with Gasteiger partial charge >= 0.3 is 0 Å². The van der Waals surface area contributed by atoms with E-state index in [1.807, 2.05) is 6.92 Å². The highest BCUT2D eigenvalue weighted by atomic mass is 35.5. The zero-order chi connectivity index (χ0) is 17.7. The van der Waals surface area contributed by atoms with Crippen LogP contribution in [0.5, 0.6) is 17.2 Å². The van der Waals surface area contributed by atoms with Crippen LogP contribution in [-0.4, -0.2) is 26.2 Å². The van der Waals surface area contributed by atoms with Gasteiger partial charge in [-0.3, -0.25) is 4.79 Å². The van der Waals surface area contributed by atoms with Crippen LogP contribution in [0.4, 0.5) is 5.69 Å². The molecule has 2 aromatic rings. The van der Waals surface area contributed by atoms with Crippen molar-refractivity contribution < 1.29 is 19.0 Å². The van der Waals surface area contributed by atoms with Crippen LogP contribution in [0.1, 0.15) is 12.5 Å². The predicted molar refractivity (Wildman–Crippen MR) is 94.5 cm³/mol. The summed E-state index contributed by atoms with van der Waals surface area (Å²) in [4.78, 5) is 12.3. The van der Waals surface area contributed by atoms with Crippen LogP contribution in [0.25, 0.3) is 0 Å². The average Bonchev–Trinajstić information content (AvgIpc) is 2.57. The summed E-state index contributed by atoms with van der Waals surface area (Å²) in [7, 11) is 3.10. The number of rotatable bonds is 6. The Hall–Kier alpha value is -2.40. The Morgan fingerprint density at radius 2 is 1.71 bits per heavy atom. The van der Waals surface area contributed by atoms with Gasteiger partial charge in [0.1, 0.15) is 5.75 Å². The zero-order valence-corrected chi connectivity index (χ0v) is 14.8. The van der Waals surface area contributed by atoms with Crippen LogP contribution in [0, 0.1) is 6.92 Å². The largest absolute Gasteiger partial charge is 0.493 e. The molecule has 0 saturated heterocycles. The van der Waals surface area contributed by atoms with Gasteiger partial charge in [-0.2, -0.15) is 0 Å². The number of hydrogen-bond donors (Lipinski definition) is 1. The smallest absolute Gasteiger partial charge is 0.265 e. The molecule has 24 heavy (non-hydrogen) atoms. The highest BCUT2D eigenvalue weighted by Gasteiger charge is 2.17. The van der Waals surface area contributed by atoms with Crippen LogP contribution in [0.15, 0.2) is 36.4 Å². The van der Waals surface area contributed by atoms with Crippen LogP contribution < -0.4 is 19.5 Å². The Morgan fingerprint density at radius 3 is 2.33 bits per heavy atom. The van der Waals surface area contributed by atoms with Crippen molar-refractivity contribution in [1.82, 2.24) is 0 Å². The van der Waals surface area contributed by atoms with E-state index in [0.717, 1.165) is 5.56 Å². The van der Waals surface area contributed by atoms with E-state index in [1.165, 1.54) is 0 Å². The number of halogens is 1. The van der Waals surface area contributed by atoms with Crippen LogP contribution in [0.3, 0.4) is 0 Å². The molecule has 2 rings (SSSR count). The SMILES string of the molecule is COc1ccc(NC(=O)[C@H](C)Oc2ccc(Cl)cc2C)cc1OC. The van der Waals surface area contributed by atoms with Crippen LogP contribution in [0.2, 0.25) is 5.02 Å². The number of hydrogen-bond acceptors (Lipinski definition) is 4.